The number of benzene rings is 2. The molecule has 0 aliphatic carbocycles. The third-order valence-corrected chi connectivity index (χ3v) is 3.98. The third kappa shape index (κ3) is 3.66. The van der Waals surface area contributed by atoms with E-state index in [-0.39, 0.29) is 0 Å². The van der Waals surface area contributed by atoms with Gasteiger partial charge in [0.2, 0.25) is 0 Å². The van der Waals surface area contributed by atoms with E-state index in [1.54, 1.807) is 31.0 Å². The van der Waals surface area contributed by atoms with E-state index < -0.39 is 0 Å². The van der Waals surface area contributed by atoms with Crippen molar-refractivity contribution in [2.75, 3.05) is 7.11 Å². The second-order valence-corrected chi connectivity index (χ2v) is 5.34. The lowest BCUT2D eigenvalue weighted by Crippen LogP contribution is -1.86. The molecule has 2 aromatic rings. The van der Waals surface area contributed by atoms with Crippen molar-refractivity contribution in [3.05, 3.63) is 58.6 Å². The summed E-state index contributed by atoms with van der Waals surface area (Å²) in [4.78, 5) is 0.908. The van der Waals surface area contributed by atoms with E-state index in [9.17, 15) is 0 Å². The summed E-state index contributed by atoms with van der Waals surface area (Å²) >= 11 is 7.56. The molecule has 0 bridgehead atoms. The van der Waals surface area contributed by atoms with Crippen LogP contribution in [0, 0.1) is 11.3 Å². The predicted molar refractivity (Wildman–Crippen MR) is 78.7 cm³/mol. The van der Waals surface area contributed by atoms with Gasteiger partial charge in [0.1, 0.15) is 11.8 Å². The fourth-order valence-corrected chi connectivity index (χ4v) is 2.82. The Labute approximate surface area is 122 Å². The predicted octanol–water partition coefficient (Wildman–Crippen LogP) is 4.51. The van der Waals surface area contributed by atoms with Crippen LogP contribution in [0.15, 0.2) is 47.4 Å². The molecule has 0 spiro atoms. The van der Waals surface area contributed by atoms with Crippen molar-refractivity contribution in [2.45, 2.75) is 10.6 Å². The van der Waals surface area contributed by atoms with Crippen LogP contribution in [0.2, 0.25) is 5.02 Å². The molecule has 0 unspecified atom stereocenters. The third-order valence-electron chi connectivity index (χ3n) is 2.62. The summed E-state index contributed by atoms with van der Waals surface area (Å²) in [7, 11) is 1.65. The molecule has 2 rings (SSSR count). The number of rotatable bonds is 4. The summed E-state index contributed by atoms with van der Waals surface area (Å²) in [6, 6.07) is 15.4. The standard InChI is InChI=1S/C15H12ClNOS/c1-18-14-6-2-11(3-7-14)10-19-15-8-13(16)5-4-12(15)9-17/h2-8H,10H2,1H3. The fourth-order valence-electron chi connectivity index (χ4n) is 1.59. The van der Waals surface area contributed by atoms with Crippen LogP contribution in [0.1, 0.15) is 11.1 Å². The zero-order valence-electron chi connectivity index (χ0n) is 10.4. The monoisotopic (exact) mass is 289 g/mol. The average Bonchev–Trinajstić information content (AvgIpc) is 2.46. The first-order valence-corrected chi connectivity index (χ1v) is 7.04. The number of hydrogen-bond donors (Lipinski definition) is 0. The lowest BCUT2D eigenvalue weighted by molar-refractivity contribution is 0.414. The van der Waals surface area contributed by atoms with E-state index >= 15 is 0 Å². The van der Waals surface area contributed by atoms with Gasteiger partial charge in [-0.05, 0) is 35.9 Å². The number of methoxy groups -OCH3 is 1. The van der Waals surface area contributed by atoms with Gasteiger partial charge in [0.15, 0.2) is 0 Å². The van der Waals surface area contributed by atoms with Crippen LogP contribution in [0.3, 0.4) is 0 Å². The van der Waals surface area contributed by atoms with E-state index in [0.29, 0.717) is 10.6 Å². The molecule has 0 fully saturated rings. The molecule has 0 amide bonds. The van der Waals surface area contributed by atoms with Gasteiger partial charge in [-0.15, -0.1) is 11.8 Å². The Hall–Kier alpha value is -1.63. The van der Waals surface area contributed by atoms with Crippen LogP contribution in [-0.4, -0.2) is 7.11 Å². The highest BCUT2D eigenvalue weighted by Gasteiger charge is 2.04. The van der Waals surface area contributed by atoms with Crippen molar-refractivity contribution < 1.29 is 4.74 Å². The summed E-state index contributed by atoms with van der Waals surface area (Å²) in [6.07, 6.45) is 0. The van der Waals surface area contributed by atoms with Crippen molar-refractivity contribution >= 4 is 23.4 Å². The maximum Gasteiger partial charge on any atom is 0.118 e. The molecule has 0 atom stereocenters. The molecule has 4 heteroatoms. The number of nitriles is 1. The molecule has 0 N–H and O–H groups in total. The van der Waals surface area contributed by atoms with Crippen molar-refractivity contribution in [2.24, 2.45) is 0 Å². The summed E-state index contributed by atoms with van der Waals surface area (Å²) < 4.78 is 5.12. The van der Waals surface area contributed by atoms with Crippen LogP contribution < -0.4 is 4.74 Å². The van der Waals surface area contributed by atoms with Crippen molar-refractivity contribution in [3.63, 3.8) is 0 Å². The Balaban J connectivity index is 2.09. The number of nitrogens with zero attached hydrogens (tertiary/aromatic N) is 1. The molecule has 0 saturated heterocycles. The first-order valence-electron chi connectivity index (χ1n) is 5.68. The molecule has 0 radical (unpaired) electrons. The normalized spacial score (nSPS) is 9.95. The van der Waals surface area contributed by atoms with E-state index in [1.807, 2.05) is 30.3 Å². The van der Waals surface area contributed by atoms with Gasteiger partial charge in [-0.1, -0.05) is 23.7 Å². The highest BCUT2D eigenvalue weighted by atomic mass is 35.5. The maximum atomic E-state index is 9.05. The first kappa shape index (κ1) is 13.8. The highest BCUT2D eigenvalue weighted by molar-refractivity contribution is 7.98. The van der Waals surface area contributed by atoms with E-state index in [0.717, 1.165) is 16.4 Å². The van der Waals surface area contributed by atoms with Gasteiger partial charge < -0.3 is 4.74 Å². The van der Waals surface area contributed by atoms with Crippen LogP contribution in [0.5, 0.6) is 5.75 Å². The van der Waals surface area contributed by atoms with E-state index in [1.165, 1.54) is 5.56 Å². The SMILES string of the molecule is COc1ccc(CSc2cc(Cl)ccc2C#N)cc1. The molecule has 2 aromatic carbocycles. The molecule has 0 aliphatic heterocycles. The van der Waals surface area contributed by atoms with Gasteiger partial charge in [0.25, 0.3) is 0 Å². The quantitative estimate of drug-likeness (QED) is 0.776. The van der Waals surface area contributed by atoms with Crippen LogP contribution in [0.25, 0.3) is 0 Å². The Kier molecular flexibility index (Phi) is 4.73. The number of hydrogen-bond acceptors (Lipinski definition) is 3. The van der Waals surface area contributed by atoms with E-state index in [4.69, 9.17) is 21.6 Å². The molecule has 96 valence electrons. The number of halogens is 1. The zero-order valence-corrected chi connectivity index (χ0v) is 12.0. The smallest absolute Gasteiger partial charge is 0.118 e. The zero-order chi connectivity index (χ0) is 13.7. The summed E-state index contributed by atoms with van der Waals surface area (Å²) in [5.41, 5.74) is 1.83. The molecule has 19 heavy (non-hydrogen) atoms. The minimum atomic E-state index is 0.649. The van der Waals surface area contributed by atoms with Gasteiger partial charge in [-0.2, -0.15) is 5.26 Å². The van der Waals surface area contributed by atoms with Crippen LogP contribution in [0.4, 0.5) is 0 Å². The Morgan fingerprint density at radius 2 is 1.95 bits per heavy atom. The molecule has 0 aliphatic rings. The lowest BCUT2D eigenvalue weighted by Gasteiger charge is -2.06. The number of ether oxygens (including phenoxy) is 1. The van der Waals surface area contributed by atoms with Gasteiger partial charge in [0.05, 0.1) is 12.7 Å². The second kappa shape index (κ2) is 6.51. The van der Waals surface area contributed by atoms with E-state index in [2.05, 4.69) is 6.07 Å². The average molecular weight is 290 g/mol. The molecular weight excluding hydrogens is 278 g/mol. The molecule has 0 saturated carbocycles. The van der Waals surface area contributed by atoms with Gasteiger partial charge in [-0.25, -0.2) is 0 Å². The highest BCUT2D eigenvalue weighted by Crippen LogP contribution is 2.29. The molecular formula is C15H12ClNOS. The molecule has 0 heterocycles. The minimum absolute atomic E-state index is 0.649. The Bertz CT molecular complexity index is 605. The molecule has 2 nitrogen and oxygen atoms in total. The fraction of sp³-hybridized carbons (Fsp3) is 0.133. The van der Waals surface area contributed by atoms with Crippen molar-refractivity contribution in [3.8, 4) is 11.8 Å². The topological polar surface area (TPSA) is 33.0 Å². The first-order chi connectivity index (χ1) is 9.22. The molecule has 0 aromatic heterocycles. The number of thioether (sulfide) groups is 1. The van der Waals surface area contributed by atoms with Gasteiger partial charge >= 0.3 is 0 Å². The largest absolute Gasteiger partial charge is 0.497 e. The van der Waals surface area contributed by atoms with Crippen molar-refractivity contribution in [1.82, 2.24) is 0 Å². The van der Waals surface area contributed by atoms with Gasteiger partial charge in [0, 0.05) is 15.7 Å². The maximum absolute atomic E-state index is 9.05. The Morgan fingerprint density at radius 3 is 2.58 bits per heavy atom. The van der Waals surface area contributed by atoms with Gasteiger partial charge in [-0.3, -0.25) is 0 Å². The lowest BCUT2D eigenvalue weighted by atomic mass is 10.2. The van der Waals surface area contributed by atoms with Crippen LogP contribution >= 0.6 is 23.4 Å². The summed E-state index contributed by atoms with van der Waals surface area (Å²) in [6.45, 7) is 0. The minimum Gasteiger partial charge on any atom is -0.497 e. The van der Waals surface area contributed by atoms with Crippen molar-refractivity contribution in [1.29, 1.82) is 5.26 Å². The Morgan fingerprint density at radius 1 is 1.21 bits per heavy atom. The second-order valence-electron chi connectivity index (χ2n) is 3.89. The van der Waals surface area contributed by atoms with Crippen LogP contribution in [-0.2, 0) is 5.75 Å². The summed E-state index contributed by atoms with van der Waals surface area (Å²) in [5.74, 6) is 1.63. The summed E-state index contributed by atoms with van der Waals surface area (Å²) in [5, 5.41) is 9.70.